The van der Waals surface area contributed by atoms with Crippen LogP contribution >= 0.6 is 0 Å². The van der Waals surface area contributed by atoms with Crippen LogP contribution in [0.1, 0.15) is 0 Å². The van der Waals surface area contributed by atoms with Gasteiger partial charge in [0.05, 0.1) is 10.6 Å². The second-order valence-corrected chi connectivity index (χ2v) is 7.36. The van der Waals surface area contributed by atoms with Gasteiger partial charge in [0.15, 0.2) is 0 Å². The third-order valence-corrected chi connectivity index (χ3v) is 5.03. The molecule has 0 atom stereocenters. The van der Waals surface area contributed by atoms with E-state index in [2.05, 4.69) is 25.3 Å². The molecular formula is C17H17N5O4S. The van der Waals surface area contributed by atoms with Crippen LogP contribution in [0.15, 0.2) is 59.8 Å². The van der Waals surface area contributed by atoms with Crippen molar-refractivity contribution in [1.82, 2.24) is 14.7 Å². The molecule has 140 valence electrons. The van der Waals surface area contributed by atoms with Gasteiger partial charge in [-0.1, -0.05) is 0 Å². The van der Waals surface area contributed by atoms with Crippen LogP contribution in [-0.2, 0) is 10.0 Å². The van der Waals surface area contributed by atoms with Gasteiger partial charge in [-0.25, -0.2) is 23.1 Å². The number of sulfonamides is 1. The minimum Gasteiger partial charge on any atom is -0.508 e. The average Bonchev–Trinajstić information content (AvgIpc) is 2.65. The fourth-order valence-corrected chi connectivity index (χ4v) is 2.98. The van der Waals surface area contributed by atoms with E-state index in [4.69, 9.17) is 0 Å². The predicted octanol–water partition coefficient (Wildman–Crippen LogP) is 2.28. The Morgan fingerprint density at radius 2 is 1.56 bits per heavy atom. The number of phenols is 2. The van der Waals surface area contributed by atoms with Crippen LogP contribution in [0, 0.1) is 0 Å². The van der Waals surface area contributed by atoms with Crippen LogP contribution in [0.5, 0.6) is 11.5 Å². The standard InChI is InChI=1S/C17H17N5O4S/c1-18-27(25,26)13-6-7-15(24)14(8-13)22-17-9-16(19-10-20-17)21-11-2-4-12(23)5-3-11/h2-10,18,23-24H,1H3,(H2,19,20,21,22). The maximum atomic E-state index is 11.9. The summed E-state index contributed by atoms with van der Waals surface area (Å²) in [7, 11) is -2.34. The van der Waals surface area contributed by atoms with Crippen molar-refractivity contribution in [2.45, 2.75) is 4.90 Å². The molecule has 9 nitrogen and oxygen atoms in total. The first-order chi connectivity index (χ1) is 12.9. The highest BCUT2D eigenvalue weighted by molar-refractivity contribution is 7.89. The topological polar surface area (TPSA) is 136 Å². The summed E-state index contributed by atoms with van der Waals surface area (Å²) in [5.41, 5.74) is 0.892. The summed E-state index contributed by atoms with van der Waals surface area (Å²) in [6, 6.07) is 11.9. The highest BCUT2D eigenvalue weighted by Crippen LogP contribution is 2.29. The van der Waals surface area contributed by atoms with Gasteiger partial charge in [0.2, 0.25) is 10.0 Å². The Hall–Kier alpha value is -3.37. The van der Waals surface area contributed by atoms with Crippen LogP contribution in [0.2, 0.25) is 0 Å². The molecule has 0 fully saturated rings. The summed E-state index contributed by atoms with van der Waals surface area (Å²) in [5.74, 6) is 0.839. The van der Waals surface area contributed by atoms with Gasteiger partial charge in [-0.15, -0.1) is 0 Å². The van der Waals surface area contributed by atoms with E-state index in [1.54, 1.807) is 18.2 Å². The monoisotopic (exact) mass is 387 g/mol. The number of aromatic hydroxyl groups is 2. The summed E-state index contributed by atoms with van der Waals surface area (Å²) in [5, 5.41) is 25.2. The minimum atomic E-state index is -3.65. The number of aromatic nitrogens is 2. The zero-order chi connectivity index (χ0) is 19.4. The molecule has 0 aliphatic carbocycles. The van der Waals surface area contributed by atoms with E-state index in [-0.39, 0.29) is 22.1 Å². The van der Waals surface area contributed by atoms with Crippen molar-refractivity contribution in [3.8, 4) is 11.5 Å². The Morgan fingerprint density at radius 1 is 0.889 bits per heavy atom. The Balaban J connectivity index is 1.84. The SMILES string of the molecule is CNS(=O)(=O)c1ccc(O)c(Nc2cc(Nc3ccc(O)cc3)ncn2)c1. The molecule has 2 aromatic carbocycles. The lowest BCUT2D eigenvalue weighted by atomic mass is 10.3. The van der Waals surface area contributed by atoms with Crippen molar-refractivity contribution in [3.63, 3.8) is 0 Å². The lowest BCUT2D eigenvalue weighted by molar-refractivity contribution is 0.475. The molecule has 3 aromatic rings. The van der Waals surface area contributed by atoms with E-state index in [0.29, 0.717) is 17.3 Å². The Kier molecular flexibility index (Phi) is 5.10. The third kappa shape index (κ3) is 4.43. The van der Waals surface area contributed by atoms with Gasteiger partial charge in [-0.3, -0.25) is 0 Å². The molecule has 1 aromatic heterocycles. The van der Waals surface area contributed by atoms with E-state index in [9.17, 15) is 18.6 Å². The predicted molar refractivity (Wildman–Crippen MR) is 101 cm³/mol. The molecule has 1 heterocycles. The van der Waals surface area contributed by atoms with E-state index in [1.165, 1.54) is 43.7 Å². The Morgan fingerprint density at radius 3 is 2.22 bits per heavy atom. The fourth-order valence-electron chi connectivity index (χ4n) is 2.22. The molecule has 0 aliphatic rings. The highest BCUT2D eigenvalue weighted by Gasteiger charge is 2.14. The Bertz CT molecular complexity index is 1060. The van der Waals surface area contributed by atoms with Crippen molar-refractivity contribution in [2.24, 2.45) is 0 Å². The molecule has 0 aliphatic heterocycles. The normalized spacial score (nSPS) is 11.1. The molecule has 0 unspecified atom stereocenters. The number of benzene rings is 2. The Labute approximate surface area is 155 Å². The van der Waals surface area contributed by atoms with E-state index in [0.717, 1.165) is 0 Å². The average molecular weight is 387 g/mol. The molecule has 0 bridgehead atoms. The maximum Gasteiger partial charge on any atom is 0.240 e. The van der Waals surface area contributed by atoms with Crippen molar-refractivity contribution >= 4 is 33.0 Å². The van der Waals surface area contributed by atoms with Gasteiger partial charge in [-0.2, -0.15) is 0 Å². The van der Waals surface area contributed by atoms with Gasteiger partial charge >= 0.3 is 0 Å². The zero-order valence-corrected chi connectivity index (χ0v) is 15.0. The zero-order valence-electron chi connectivity index (χ0n) is 14.2. The van der Waals surface area contributed by atoms with Crippen LogP contribution in [-0.4, -0.2) is 35.6 Å². The number of nitrogens with one attached hydrogen (secondary N) is 3. The van der Waals surface area contributed by atoms with Gasteiger partial charge in [0, 0.05) is 11.8 Å². The van der Waals surface area contributed by atoms with Gasteiger partial charge in [-0.05, 0) is 49.5 Å². The first-order valence-corrected chi connectivity index (χ1v) is 9.27. The summed E-state index contributed by atoms with van der Waals surface area (Å²) in [4.78, 5) is 8.16. The number of anilines is 4. The van der Waals surface area contributed by atoms with Crippen LogP contribution < -0.4 is 15.4 Å². The first kappa shape index (κ1) is 18.4. The molecule has 27 heavy (non-hydrogen) atoms. The molecular weight excluding hydrogens is 370 g/mol. The fraction of sp³-hybridized carbons (Fsp3) is 0.0588. The first-order valence-electron chi connectivity index (χ1n) is 7.79. The minimum absolute atomic E-state index is 0.00166. The number of nitrogens with zero attached hydrogens (tertiary/aromatic N) is 2. The highest BCUT2D eigenvalue weighted by atomic mass is 32.2. The summed E-state index contributed by atoms with van der Waals surface area (Å²) >= 11 is 0. The third-order valence-electron chi connectivity index (χ3n) is 3.62. The van der Waals surface area contributed by atoms with Crippen molar-refractivity contribution < 1.29 is 18.6 Å². The largest absolute Gasteiger partial charge is 0.508 e. The van der Waals surface area contributed by atoms with E-state index >= 15 is 0 Å². The molecule has 5 N–H and O–H groups in total. The molecule has 0 radical (unpaired) electrons. The van der Waals surface area contributed by atoms with Gasteiger partial charge in [0.25, 0.3) is 0 Å². The summed E-state index contributed by atoms with van der Waals surface area (Å²) < 4.78 is 26.1. The van der Waals surface area contributed by atoms with Crippen LogP contribution in [0.3, 0.4) is 0 Å². The number of rotatable bonds is 6. The number of hydrogen-bond acceptors (Lipinski definition) is 8. The summed E-state index contributed by atoms with van der Waals surface area (Å²) in [6.45, 7) is 0. The summed E-state index contributed by atoms with van der Waals surface area (Å²) in [6.07, 6.45) is 1.32. The van der Waals surface area contributed by atoms with E-state index < -0.39 is 10.0 Å². The molecule has 10 heteroatoms. The van der Waals surface area contributed by atoms with Gasteiger partial charge in [0.1, 0.15) is 29.5 Å². The van der Waals surface area contributed by atoms with Crippen LogP contribution in [0.25, 0.3) is 0 Å². The lowest BCUT2D eigenvalue weighted by Gasteiger charge is -2.11. The van der Waals surface area contributed by atoms with Crippen molar-refractivity contribution in [2.75, 3.05) is 17.7 Å². The van der Waals surface area contributed by atoms with Crippen molar-refractivity contribution in [3.05, 3.63) is 54.9 Å². The quantitative estimate of drug-likeness (QED) is 0.321. The van der Waals surface area contributed by atoms with E-state index in [1.807, 2.05) is 0 Å². The smallest absolute Gasteiger partial charge is 0.240 e. The number of hydrogen-bond donors (Lipinski definition) is 5. The van der Waals surface area contributed by atoms with Crippen molar-refractivity contribution in [1.29, 1.82) is 0 Å². The molecule has 0 spiro atoms. The molecule has 3 rings (SSSR count). The molecule has 0 amide bonds. The second-order valence-electron chi connectivity index (χ2n) is 5.47. The maximum absolute atomic E-state index is 11.9. The van der Waals surface area contributed by atoms with Gasteiger partial charge < -0.3 is 20.8 Å². The van der Waals surface area contributed by atoms with Crippen LogP contribution in [0.4, 0.5) is 23.0 Å². The second kappa shape index (κ2) is 7.48. The molecule has 0 saturated carbocycles. The lowest BCUT2D eigenvalue weighted by Crippen LogP contribution is -2.18. The number of phenolic OH excluding ortho intramolecular Hbond substituents is 2. The molecule has 0 saturated heterocycles.